The molecule has 3 rings (SSSR count). The third kappa shape index (κ3) is 2.19. The highest BCUT2D eigenvalue weighted by Gasteiger charge is 2.13. The molecular weight excluding hydrogens is 291 g/mol. The molecule has 0 saturated carbocycles. The lowest BCUT2D eigenvalue weighted by molar-refractivity contribution is 0.970. The molecule has 102 valence electrons. The summed E-state index contributed by atoms with van der Waals surface area (Å²) in [6.45, 7) is 4.17. The third-order valence-corrected chi connectivity index (χ3v) is 3.89. The van der Waals surface area contributed by atoms with Crippen molar-refractivity contribution in [2.45, 2.75) is 19.7 Å². The van der Waals surface area contributed by atoms with Gasteiger partial charge in [-0.25, -0.2) is 4.98 Å². The lowest BCUT2D eigenvalue weighted by Crippen LogP contribution is -2.02. The molecule has 1 heterocycles. The average molecular weight is 305 g/mol. The number of hydrogen-bond donors (Lipinski definition) is 0. The van der Waals surface area contributed by atoms with Crippen molar-refractivity contribution in [3.8, 4) is 5.69 Å². The number of halogens is 2. The summed E-state index contributed by atoms with van der Waals surface area (Å²) in [5, 5.41) is 0.684. The van der Waals surface area contributed by atoms with Gasteiger partial charge in [-0.15, -0.1) is 11.6 Å². The first-order chi connectivity index (χ1) is 9.60. The second kappa shape index (κ2) is 5.12. The molecule has 0 aliphatic heterocycles. The number of fused-ring (bicyclic) bond motifs is 1. The number of nitrogens with zero attached hydrogens (tertiary/aromatic N) is 2. The number of imidazole rings is 1. The molecule has 0 atom stereocenters. The number of aromatic nitrogens is 2. The van der Waals surface area contributed by atoms with Crippen LogP contribution in [-0.4, -0.2) is 9.55 Å². The van der Waals surface area contributed by atoms with Crippen LogP contribution in [0.2, 0.25) is 5.02 Å². The predicted molar refractivity (Wildman–Crippen MR) is 85.1 cm³/mol. The molecule has 20 heavy (non-hydrogen) atoms. The number of aryl methyl sites for hydroxylation is 2. The van der Waals surface area contributed by atoms with Crippen molar-refractivity contribution >= 4 is 34.2 Å². The summed E-state index contributed by atoms with van der Waals surface area (Å²) in [5.41, 5.74) is 5.41. The second-order valence-electron chi connectivity index (χ2n) is 4.92. The van der Waals surface area contributed by atoms with E-state index in [4.69, 9.17) is 23.2 Å². The van der Waals surface area contributed by atoms with Gasteiger partial charge in [0.15, 0.2) is 0 Å². The highest BCUT2D eigenvalue weighted by atomic mass is 35.5. The van der Waals surface area contributed by atoms with Crippen LogP contribution in [0.5, 0.6) is 0 Å². The fourth-order valence-electron chi connectivity index (χ4n) is 2.42. The maximum atomic E-state index is 6.07. The molecule has 0 unspecified atom stereocenters. The van der Waals surface area contributed by atoms with E-state index in [9.17, 15) is 0 Å². The summed E-state index contributed by atoms with van der Waals surface area (Å²) in [5.74, 6) is 1.19. The van der Waals surface area contributed by atoms with Gasteiger partial charge >= 0.3 is 0 Å². The quantitative estimate of drug-likeness (QED) is 0.607. The first kappa shape index (κ1) is 13.5. The second-order valence-corrected chi connectivity index (χ2v) is 5.62. The van der Waals surface area contributed by atoms with Gasteiger partial charge in [0.2, 0.25) is 0 Å². The zero-order valence-electron chi connectivity index (χ0n) is 11.3. The van der Waals surface area contributed by atoms with E-state index < -0.39 is 0 Å². The molecule has 0 bridgehead atoms. The van der Waals surface area contributed by atoms with E-state index in [-0.39, 0.29) is 0 Å². The number of hydrogen-bond acceptors (Lipinski definition) is 1. The van der Waals surface area contributed by atoms with E-state index in [1.54, 1.807) is 0 Å². The summed E-state index contributed by atoms with van der Waals surface area (Å²) in [7, 11) is 0. The molecule has 2 aromatic carbocycles. The minimum atomic E-state index is 0.361. The normalized spacial score (nSPS) is 11.2. The molecule has 0 spiro atoms. The van der Waals surface area contributed by atoms with Crippen molar-refractivity contribution in [3.05, 3.63) is 58.4 Å². The molecule has 0 fully saturated rings. The number of alkyl halides is 1. The highest BCUT2D eigenvalue weighted by molar-refractivity contribution is 6.31. The van der Waals surface area contributed by atoms with Gasteiger partial charge in [0.25, 0.3) is 0 Å². The van der Waals surface area contributed by atoms with E-state index in [0.717, 1.165) is 22.5 Å². The Kier molecular flexibility index (Phi) is 3.45. The molecule has 2 nitrogen and oxygen atoms in total. The Labute approximate surface area is 128 Å². The molecule has 0 aliphatic rings. The third-order valence-electron chi connectivity index (χ3n) is 3.41. The SMILES string of the molecule is Cc1ccc(C)c(-n2c(CCl)nc3cc(Cl)ccc32)c1. The Morgan fingerprint density at radius 3 is 2.65 bits per heavy atom. The summed E-state index contributed by atoms with van der Waals surface area (Å²) in [6, 6.07) is 12.1. The minimum Gasteiger partial charge on any atom is -0.295 e. The predicted octanol–water partition coefficient (Wildman–Crippen LogP) is 5.03. The van der Waals surface area contributed by atoms with Gasteiger partial charge in [-0.2, -0.15) is 0 Å². The molecule has 0 aliphatic carbocycles. The Hall–Kier alpha value is -1.51. The van der Waals surface area contributed by atoms with E-state index in [0.29, 0.717) is 10.9 Å². The van der Waals surface area contributed by atoms with Crippen LogP contribution in [0.1, 0.15) is 17.0 Å². The average Bonchev–Trinajstić information content (AvgIpc) is 2.78. The van der Waals surface area contributed by atoms with Crippen LogP contribution in [0.15, 0.2) is 36.4 Å². The maximum Gasteiger partial charge on any atom is 0.129 e. The first-order valence-corrected chi connectivity index (χ1v) is 7.32. The van der Waals surface area contributed by atoms with Gasteiger partial charge in [-0.1, -0.05) is 23.7 Å². The van der Waals surface area contributed by atoms with Crippen molar-refractivity contribution in [3.63, 3.8) is 0 Å². The van der Waals surface area contributed by atoms with Crippen LogP contribution in [0.3, 0.4) is 0 Å². The van der Waals surface area contributed by atoms with Crippen LogP contribution < -0.4 is 0 Å². The Bertz CT molecular complexity index is 791. The number of rotatable bonds is 2. The fourth-order valence-corrected chi connectivity index (χ4v) is 2.77. The summed E-state index contributed by atoms with van der Waals surface area (Å²) in [6.07, 6.45) is 0. The molecule has 3 aromatic rings. The highest BCUT2D eigenvalue weighted by Crippen LogP contribution is 2.27. The van der Waals surface area contributed by atoms with E-state index in [1.165, 1.54) is 11.1 Å². The smallest absolute Gasteiger partial charge is 0.129 e. The Balaban J connectivity index is 2.37. The standard InChI is InChI=1S/C16H14Cl2N2/c1-10-3-4-11(2)15(7-10)20-14-6-5-12(18)8-13(14)19-16(20)9-17/h3-8H,9H2,1-2H3. The monoisotopic (exact) mass is 304 g/mol. The zero-order chi connectivity index (χ0) is 14.3. The summed E-state index contributed by atoms with van der Waals surface area (Å²) < 4.78 is 2.11. The van der Waals surface area contributed by atoms with Crippen molar-refractivity contribution < 1.29 is 0 Å². The maximum absolute atomic E-state index is 6.07. The summed E-state index contributed by atoms with van der Waals surface area (Å²) >= 11 is 12.1. The molecule has 1 aromatic heterocycles. The summed E-state index contributed by atoms with van der Waals surface area (Å²) in [4.78, 5) is 4.59. The molecule has 0 N–H and O–H groups in total. The van der Waals surface area contributed by atoms with E-state index in [2.05, 4.69) is 41.6 Å². The van der Waals surface area contributed by atoms with Gasteiger partial charge in [0.05, 0.1) is 22.6 Å². The van der Waals surface area contributed by atoms with Gasteiger partial charge in [0, 0.05) is 5.02 Å². The van der Waals surface area contributed by atoms with Crippen molar-refractivity contribution in [1.82, 2.24) is 9.55 Å². The van der Waals surface area contributed by atoms with Crippen molar-refractivity contribution in [2.75, 3.05) is 0 Å². The van der Waals surface area contributed by atoms with Gasteiger partial charge in [-0.3, -0.25) is 4.57 Å². The Morgan fingerprint density at radius 2 is 1.90 bits per heavy atom. The first-order valence-electron chi connectivity index (χ1n) is 6.40. The zero-order valence-corrected chi connectivity index (χ0v) is 12.8. The molecule has 0 radical (unpaired) electrons. The molecule has 0 saturated heterocycles. The van der Waals surface area contributed by atoms with E-state index >= 15 is 0 Å². The topological polar surface area (TPSA) is 17.8 Å². The Morgan fingerprint density at radius 1 is 1.10 bits per heavy atom. The number of benzene rings is 2. The lowest BCUT2D eigenvalue weighted by atomic mass is 10.1. The van der Waals surface area contributed by atoms with Gasteiger partial charge in [0.1, 0.15) is 5.82 Å². The minimum absolute atomic E-state index is 0.361. The van der Waals surface area contributed by atoms with Crippen LogP contribution in [0.25, 0.3) is 16.7 Å². The van der Waals surface area contributed by atoms with Crippen molar-refractivity contribution in [2.24, 2.45) is 0 Å². The van der Waals surface area contributed by atoms with Gasteiger partial charge < -0.3 is 0 Å². The van der Waals surface area contributed by atoms with E-state index in [1.807, 2.05) is 18.2 Å². The molecule has 4 heteroatoms. The van der Waals surface area contributed by atoms with Crippen LogP contribution >= 0.6 is 23.2 Å². The van der Waals surface area contributed by atoms with Crippen LogP contribution in [0, 0.1) is 13.8 Å². The lowest BCUT2D eigenvalue weighted by Gasteiger charge is -2.12. The molecule has 0 amide bonds. The van der Waals surface area contributed by atoms with Gasteiger partial charge in [-0.05, 0) is 49.2 Å². The van der Waals surface area contributed by atoms with Crippen LogP contribution in [0.4, 0.5) is 0 Å². The largest absolute Gasteiger partial charge is 0.295 e. The fraction of sp³-hybridized carbons (Fsp3) is 0.188. The van der Waals surface area contributed by atoms with Crippen molar-refractivity contribution in [1.29, 1.82) is 0 Å². The molecular formula is C16H14Cl2N2. The van der Waals surface area contributed by atoms with Crippen LogP contribution in [-0.2, 0) is 5.88 Å².